The second-order valence-corrected chi connectivity index (χ2v) is 10.5. The first-order valence-electron chi connectivity index (χ1n) is 4.57. The van der Waals surface area contributed by atoms with Gasteiger partial charge in [0.25, 0.3) is 18.1 Å². The van der Waals surface area contributed by atoms with Crippen LogP contribution in [0.4, 0.5) is 0 Å². The van der Waals surface area contributed by atoms with Gasteiger partial charge in [-0.3, -0.25) is 0 Å². The molecule has 0 atom stereocenters. The molecule has 2 aromatic rings. The van der Waals surface area contributed by atoms with Crippen LogP contribution in [0.15, 0.2) is 53.5 Å². The maximum absolute atomic E-state index is 11.0. The van der Waals surface area contributed by atoms with Gasteiger partial charge in [-0.1, -0.05) is 0 Å². The molecule has 2 heterocycles. The molecule has 0 aliphatic heterocycles. The van der Waals surface area contributed by atoms with E-state index in [1.165, 1.54) is 12.1 Å². The smallest absolute Gasteiger partial charge is 0.264 e. The Kier molecular flexibility index (Phi) is 4.72. The van der Waals surface area contributed by atoms with Crippen LogP contribution < -0.4 is 0 Å². The first-order valence-corrected chi connectivity index (χ1v) is 11.3. The predicted octanol–water partition coefficient (Wildman–Crippen LogP) is 3.53. The maximum atomic E-state index is 11.0. The summed E-state index contributed by atoms with van der Waals surface area (Å²) in [5.74, 6) is 0. The number of halogens is 2. The second-order valence-electron chi connectivity index (χ2n) is 3.25. The molecule has 0 amide bonds. The maximum Gasteiger partial charge on any atom is 0.264 e. The van der Waals surface area contributed by atoms with Crippen LogP contribution in [0, 0.1) is 0 Å². The van der Waals surface area contributed by atoms with Crippen LogP contribution in [0.25, 0.3) is 0 Å². The summed E-state index contributed by atoms with van der Waals surface area (Å²) in [4.78, 5) is -0.323. The Morgan fingerprint density at radius 1 is 0.800 bits per heavy atom. The molecule has 110 valence electrons. The molecule has 2 rings (SSSR count). The third-order valence-corrected chi connectivity index (χ3v) is 6.57. The molecular formula is C8H4Cl2O6S4. The first kappa shape index (κ1) is 16.1. The quantitative estimate of drug-likeness (QED) is 0.561. The number of hydrogen-bond donors (Lipinski definition) is 0. The number of furan rings is 2. The average molecular weight is 395 g/mol. The van der Waals surface area contributed by atoms with E-state index in [1.807, 2.05) is 0 Å². The Balaban J connectivity index is 2.06. The van der Waals surface area contributed by atoms with E-state index in [0.29, 0.717) is 0 Å². The molecule has 0 aliphatic carbocycles. The van der Waals surface area contributed by atoms with Gasteiger partial charge in [-0.25, -0.2) is 16.8 Å². The summed E-state index contributed by atoms with van der Waals surface area (Å²) in [6.07, 6.45) is 2.00. The minimum atomic E-state index is -3.84. The van der Waals surface area contributed by atoms with E-state index >= 15 is 0 Å². The van der Waals surface area contributed by atoms with Crippen LogP contribution in [0.2, 0.25) is 0 Å². The molecule has 0 saturated carbocycles. The molecule has 0 aromatic carbocycles. The van der Waals surface area contributed by atoms with Gasteiger partial charge in [-0.05, 0) is 21.6 Å². The van der Waals surface area contributed by atoms with Crippen molar-refractivity contribution < 1.29 is 25.7 Å². The van der Waals surface area contributed by atoms with Crippen LogP contribution in [0.5, 0.6) is 0 Å². The Bertz CT molecular complexity index is 749. The molecule has 0 radical (unpaired) electrons. The minimum absolute atomic E-state index is 0.161. The molecule has 6 nitrogen and oxygen atoms in total. The van der Waals surface area contributed by atoms with Gasteiger partial charge in [0.05, 0.1) is 0 Å². The highest BCUT2D eigenvalue weighted by Crippen LogP contribution is 2.40. The van der Waals surface area contributed by atoms with Crippen LogP contribution >= 0.6 is 43.0 Å². The normalized spacial score (nSPS) is 12.7. The van der Waals surface area contributed by atoms with Gasteiger partial charge >= 0.3 is 0 Å². The molecule has 0 N–H and O–H groups in total. The molecule has 0 spiro atoms. The molecule has 2 aromatic heterocycles. The van der Waals surface area contributed by atoms with Crippen molar-refractivity contribution in [3.05, 3.63) is 24.7 Å². The van der Waals surface area contributed by atoms with Crippen LogP contribution in [0.3, 0.4) is 0 Å². The lowest BCUT2D eigenvalue weighted by atomic mass is 10.7. The van der Waals surface area contributed by atoms with E-state index in [4.69, 9.17) is 30.2 Å². The highest BCUT2D eigenvalue weighted by atomic mass is 35.7. The van der Waals surface area contributed by atoms with E-state index in [0.717, 1.165) is 34.1 Å². The monoisotopic (exact) mass is 394 g/mol. The van der Waals surface area contributed by atoms with E-state index in [9.17, 15) is 16.8 Å². The van der Waals surface area contributed by atoms with Crippen molar-refractivity contribution in [1.82, 2.24) is 0 Å². The fourth-order valence-corrected chi connectivity index (χ4v) is 4.19. The summed E-state index contributed by atoms with van der Waals surface area (Å²) in [5, 5.41) is 0.529. The summed E-state index contributed by atoms with van der Waals surface area (Å²) in [6.45, 7) is 0. The van der Waals surface area contributed by atoms with Gasteiger partial charge < -0.3 is 8.83 Å². The number of hydrogen-bond acceptors (Lipinski definition) is 8. The van der Waals surface area contributed by atoms with Gasteiger partial charge in [0.2, 0.25) is 0 Å². The van der Waals surface area contributed by atoms with Crippen LogP contribution in [0.1, 0.15) is 0 Å². The minimum Gasteiger partial charge on any atom is -0.456 e. The molecular weight excluding hydrogens is 391 g/mol. The topological polar surface area (TPSA) is 94.6 Å². The lowest BCUT2D eigenvalue weighted by Crippen LogP contribution is -1.85. The van der Waals surface area contributed by atoms with Gasteiger partial charge in [0.1, 0.15) is 22.3 Å². The third kappa shape index (κ3) is 4.12. The van der Waals surface area contributed by atoms with E-state index < -0.39 is 18.1 Å². The Morgan fingerprint density at radius 3 is 1.40 bits per heavy atom. The molecule has 0 fully saturated rings. The van der Waals surface area contributed by atoms with E-state index in [-0.39, 0.29) is 20.0 Å². The zero-order valence-corrected chi connectivity index (χ0v) is 13.9. The third-order valence-electron chi connectivity index (χ3n) is 1.87. The molecule has 0 unspecified atom stereocenters. The summed E-state index contributed by atoms with van der Waals surface area (Å²) in [5.41, 5.74) is 0. The summed E-state index contributed by atoms with van der Waals surface area (Å²) in [7, 11) is 4.65. The molecule has 12 heteroatoms. The summed E-state index contributed by atoms with van der Waals surface area (Å²) in [6, 6.07) is 2.48. The molecule has 0 bridgehead atoms. The van der Waals surface area contributed by atoms with E-state index in [1.54, 1.807) is 0 Å². The van der Waals surface area contributed by atoms with Crippen molar-refractivity contribution in [2.24, 2.45) is 0 Å². The van der Waals surface area contributed by atoms with Gasteiger partial charge in [-0.2, -0.15) is 0 Å². The SMILES string of the molecule is O=S(=O)(Cl)c1coc(SSc2cc(S(=O)(=O)Cl)co2)c1. The van der Waals surface area contributed by atoms with E-state index in [2.05, 4.69) is 0 Å². The van der Waals surface area contributed by atoms with Crippen molar-refractivity contribution in [2.75, 3.05) is 0 Å². The highest BCUT2D eigenvalue weighted by molar-refractivity contribution is 8.76. The first-order chi connectivity index (χ1) is 9.16. The average Bonchev–Trinajstić information content (AvgIpc) is 2.94. The van der Waals surface area contributed by atoms with Crippen molar-refractivity contribution in [1.29, 1.82) is 0 Å². The predicted molar refractivity (Wildman–Crippen MR) is 75.2 cm³/mol. The molecule has 0 saturated heterocycles. The highest BCUT2D eigenvalue weighted by Gasteiger charge is 2.17. The Labute approximate surface area is 131 Å². The lowest BCUT2D eigenvalue weighted by molar-refractivity contribution is 0.469. The fraction of sp³-hybridized carbons (Fsp3) is 0. The van der Waals surface area contributed by atoms with Crippen molar-refractivity contribution >= 4 is 61.1 Å². The molecule has 20 heavy (non-hydrogen) atoms. The van der Waals surface area contributed by atoms with Gasteiger partial charge in [0.15, 0.2) is 10.2 Å². The van der Waals surface area contributed by atoms with Crippen LogP contribution in [-0.2, 0) is 18.1 Å². The largest absolute Gasteiger partial charge is 0.456 e. The number of rotatable bonds is 5. The standard InChI is InChI=1S/C8H4Cl2O6S4/c9-19(11,12)5-1-7(15-3-5)17-18-8-2-6(4-16-8)20(10,13)14/h1-4H. The Morgan fingerprint density at radius 2 is 1.15 bits per heavy atom. The van der Waals surface area contributed by atoms with Crippen molar-refractivity contribution in [3.8, 4) is 0 Å². The van der Waals surface area contributed by atoms with Crippen molar-refractivity contribution in [2.45, 2.75) is 20.0 Å². The Hall–Kier alpha value is -0.260. The van der Waals surface area contributed by atoms with Gasteiger partial charge in [-0.15, -0.1) is 0 Å². The summed E-state index contributed by atoms with van der Waals surface area (Å²) < 4.78 is 54.1. The molecule has 0 aliphatic rings. The van der Waals surface area contributed by atoms with Crippen molar-refractivity contribution in [3.63, 3.8) is 0 Å². The fourth-order valence-electron chi connectivity index (χ4n) is 1.03. The zero-order chi connectivity index (χ0) is 15.0. The van der Waals surface area contributed by atoms with Crippen LogP contribution in [-0.4, -0.2) is 16.8 Å². The summed E-state index contributed by atoms with van der Waals surface area (Å²) >= 11 is 0. The lowest BCUT2D eigenvalue weighted by Gasteiger charge is -1.91. The second kappa shape index (κ2) is 5.85. The van der Waals surface area contributed by atoms with Gasteiger partial charge in [0, 0.05) is 33.5 Å². The zero-order valence-electron chi connectivity index (χ0n) is 9.15.